The average Bonchev–Trinajstić information content (AvgIpc) is 2.34. The minimum Gasteiger partial charge on any atom is -0.489 e. The van der Waals surface area contributed by atoms with Crippen LogP contribution in [0.25, 0.3) is 0 Å². The maximum Gasteiger partial charge on any atom is 0.168 e. The molecule has 2 heteroatoms. The van der Waals surface area contributed by atoms with Crippen molar-refractivity contribution in [2.45, 2.75) is 27.4 Å². The molecule has 0 radical (unpaired) electrons. The fourth-order valence-corrected chi connectivity index (χ4v) is 2.07. The van der Waals surface area contributed by atoms with Crippen LogP contribution in [0.1, 0.15) is 26.3 Å². The molecule has 2 rings (SSSR count). The van der Waals surface area contributed by atoms with Gasteiger partial charge < -0.3 is 4.74 Å². The summed E-state index contributed by atoms with van der Waals surface area (Å²) in [6, 6.07) is 10.0. The lowest BCUT2D eigenvalue weighted by molar-refractivity contribution is -0.121. The summed E-state index contributed by atoms with van der Waals surface area (Å²) in [6.45, 7) is 6.19. The second-order valence-corrected chi connectivity index (χ2v) is 5.20. The standard InChI is InChI=1S/C16H18O2/c1-12-9-14(10-16(2,3)15(12)17)18-11-13-7-5-4-6-8-13/h4-10H,11H2,1-3H3. The summed E-state index contributed by atoms with van der Waals surface area (Å²) >= 11 is 0. The first-order chi connectivity index (χ1) is 8.49. The van der Waals surface area contributed by atoms with Crippen molar-refractivity contribution < 1.29 is 9.53 Å². The molecule has 1 aromatic rings. The van der Waals surface area contributed by atoms with E-state index in [0.29, 0.717) is 6.61 Å². The number of Topliss-reactive ketones (excluding diaryl/α,β-unsaturated/α-hetero) is 1. The lowest BCUT2D eigenvalue weighted by atomic mass is 9.80. The Balaban J connectivity index is 2.09. The molecule has 0 aromatic heterocycles. The zero-order chi connectivity index (χ0) is 13.2. The van der Waals surface area contributed by atoms with E-state index in [1.165, 1.54) is 0 Å². The van der Waals surface area contributed by atoms with Crippen molar-refractivity contribution in [3.05, 3.63) is 59.4 Å². The van der Waals surface area contributed by atoms with Crippen LogP contribution in [-0.2, 0) is 16.1 Å². The van der Waals surface area contributed by atoms with Crippen LogP contribution < -0.4 is 0 Å². The van der Waals surface area contributed by atoms with Crippen LogP contribution in [0.15, 0.2) is 53.8 Å². The number of hydrogen-bond donors (Lipinski definition) is 0. The summed E-state index contributed by atoms with van der Waals surface area (Å²) in [5, 5.41) is 0. The predicted molar refractivity (Wildman–Crippen MR) is 71.9 cm³/mol. The van der Waals surface area contributed by atoms with Crippen LogP contribution in [0.3, 0.4) is 0 Å². The lowest BCUT2D eigenvalue weighted by Crippen LogP contribution is -2.26. The lowest BCUT2D eigenvalue weighted by Gasteiger charge is -2.24. The van der Waals surface area contributed by atoms with Gasteiger partial charge in [0.15, 0.2) is 5.78 Å². The van der Waals surface area contributed by atoms with E-state index >= 15 is 0 Å². The Kier molecular flexibility index (Phi) is 3.37. The van der Waals surface area contributed by atoms with Gasteiger partial charge in [-0.2, -0.15) is 0 Å². The molecule has 2 nitrogen and oxygen atoms in total. The van der Waals surface area contributed by atoms with Crippen LogP contribution in [0, 0.1) is 5.41 Å². The normalized spacial score (nSPS) is 18.1. The van der Waals surface area contributed by atoms with Crippen molar-refractivity contribution in [3.63, 3.8) is 0 Å². The highest BCUT2D eigenvalue weighted by atomic mass is 16.5. The molecule has 0 atom stereocenters. The van der Waals surface area contributed by atoms with Crippen molar-refractivity contribution >= 4 is 5.78 Å². The Morgan fingerprint density at radius 1 is 1.17 bits per heavy atom. The largest absolute Gasteiger partial charge is 0.489 e. The molecule has 94 valence electrons. The number of carbonyl (C=O) groups is 1. The van der Waals surface area contributed by atoms with E-state index < -0.39 is 5.41 Å². The van der Waals surface area contributed by atoms with E-state index in [1.807, 2.05) is 63.3 Å². The monoisotopic (exact) mass is 242 g/mol. The summed E-state index contributed by atoms with van der Waals surface area (Å²) in [7, 11) is 0. The molecule has 1 aromatic carbocycles. The highest BCUT2D eigenvalue weighted by molar-refractivity contribution is 6.01. The molecule has 0 N–H and O–H groups in total. The van der Waals surface area contributed by atoms with Gasteiger partial charge in [-0.3, -0.25) is 4.79 Å². The smallest absolute Gasteiger partial charge is 0.168 e. The number of carbonyl (C=O) groups excluding carboxylic acids is 1. The van der Waals surface area contributed by atoms with Crippen LogP contribution in [0.4, 0.5) is 0 Å². The molecule has 0 fully saturated rings. The van der Waals surface area contributed by atoms with Gasteiger partial charge >= 0.3 is 0 Å². The van der Waals surface area contributed by atoms with Crippen molar-refractivity contribution in [1.29, 1.82) is 0 Å². The topological polar surface area (TPSA) is 26.3 Å². The fraction of sp³-hybridized carbons (Fsp3) is 0.312. The van der Waals surface area contributed by atoms with Crippen molar-refractivity contribution in [1.82, 2.24) is 0 Å². The number of ketones is 1. The minimum absolute atomic E-state index is 0.162. The summed E-state index contributed by atoms with van der Waals surface area (Å²) in [6.07, 6.45) is 3.71. The van der Waals surface area contributed by atoms with Gasteiger partial charge in [-0.05, 0) is 44.1 Å². The maximum atomic E-state index is 11.9. The van der Waals surface area contributed by atoms with E-state index in [4.69, 9.17) is 4.74 Å². The molecule has 0 amide bonds. The van der Waals surface area contributed by atoms with Crippen LogP contribution in [0.2, 0.25) is 0 Å². The van der Waals surface area contributed by atoms with E-state index in [2.05, 4.69) is 0 Å². The summed E-state index contributed by atoms with van der Waals surface area (Å²) in [4.78, 5) is 11.9. The van der Waals surface area contributed by atoms with Crippen LogP contribution >= 0.6 is 0 Å². The Morgan fingerprint density at radius 2 is 1.83 bits per heavy atom. The van der Waals surface area contributed by atoms with Crippen molar-refractivity contribution in [2.24, 2.45) is 5.41 Å². The van der Waals surface area contributed by atoms with Crippen molar-refractivity contribution in [3.8, 4) is 0 Å². The second kappa shape index (κ2) is 4.81. The van der Waals surface area contributed by atoms with Crippen molar-refractivity contribution in [2.75, 3.05) is 0 Å². The van der Waals surface area contributed by atoms with Gasteiger partial charge in [0.05, 0.1) is 0 Å². The number of rotatable bonds is 3. The van der Waals surface area contributed by atoms with Gasteiger partial charge in [-0.1, -0.05) is 30.3 Å². The molecule has 0 bridgehead atoms. The third-order valence-electron chi connectivity index (χ3n) is 3.05. The molecule has 1 aliphatic carbocycles. The first-order valence-corrected chi connectivity index (χ1v) is 6.12. The van der Waals surface area contributed by atoms with Gasteiger partial charge in [0, 0.05) is 5.41 Å². The first-order valence-electron chi connectivity index (χ1n) is 6.12. The fourth-order valence-electron chi connectivity index (χ4n) is 2.07. The van der Waals surface area contributed by atoms with Gasteiger partial charge in [0.25, 0.3) is 0 Å². The number of benzene rings is 1. The Hall–Kier alpha value is -1.83. The zero-order valence-electron chi connectivity index (χ0n) is 11.1. The summed E-state index contributed by atoms with van der Waals surface area (Å²) < 4.78 is 5.76. The summed E-state index contributed by atoms with van der Waals surface area (Å²) in [5.74, 6) is 0.940. The third kappa shape index (κ3) is 2.70. The van der Waals surface area contributed by atoms with E-state index in [0.717, 1.165) is 16.9 Å². The van der Waals surface area contributed by atoms with E-state index in [-0.39, 0.29) is 5.78 Å². The second-order valence-electron chi connectivity index (χ2n) is 5.20. The summed E-state index contributed by atoms with van der Waals surface area (Å²) in [5.41, 5.74) is 1.41. The molecular weight excluding hydrogens is 224 g/mol. The molecule has 0 spiro atoms. The van der Waals surface area contributed by atoms with Gasteiger partial charge in [0.1, 0.15) is 12.4 Å². The minimum atomic E-state index is -0.467. The molecule has 1 aliphatic rings. The molecule has 0 heterocycles. The predicted octanol–water partition coefficient (Wildman–Crippen LogP) is 3.64. The van der Waals surface area contributed by atoms with Gasteiger partial charge in [0.2, 0.25) is 0 Å². The van der Waals surface area contributed by atoms with Gasteiger partial charge in [-0.25, -0.2) is 0 Å². The van der Waals surface area contributed by atoms with E-state index in [1.54, 1.807) is 0 Å². The highest BCUT2D eigenvalue weighted by Gasteiger charge is 2.30. The van der Waals surface area contributed by atoms with Gasteiger partial charge in [-0.15, -0.1) is 0 Å². The molecular formula is C16H18O2. The Bertz CT molecular complexity index is 507. The third-order valence-corrected chi connectivity index (χ3v) is 3.05. The zero-order valence-corrected chi connectivity index (χ0v) is 11.1. The molecule has 0 aliphatic heterocycles. The molecule has 18 heavy (non-hydrogen) atoms. The van der Waals surface area contributed by atoms with E-state index in [9.17, 15) is 4.79 Å². The number of hydrogen-bond acceptors (Lipinski definition) is 2. The van der Waals surface area contributed by atoms with Crippen LogP contribution in [0.5, 0.6) is 0 Å². The maximum absolute atomic E-state index is 11.9. The highest BCUT2D eigenvalue weighted by Crippen LogP contribution is 2.30. The molecule has 0 saturated carbocycles. The van der Waals surface area contributed by atoms with Crippen LogP contribution in [-0.4, -0.2) is 5.78 Å². The number of allylic oxidation sites excluding steroid dienone is 3. The first kappa shape index (κ1) is 12.6. The quantitative estimate of drug-likeness (QED) is 0.808. The Labute approximate surface area is 108 Å². The average molecular weight is 242 g/mol. The molecule has 0 unspecified atom stereocenters. The SMILES string of the molecule is CC1=CC(OCc2ccccc2)=CC(C)(C)C1=O. The number of ether oxygens (including phenoxy) is 1. The Morgan fingerprint density at radius 3 is 2.44 bits per heavy atom. The molecule has 0 saturated heterocycles.